The van der Waals surface area contributed by atoms with E-state index in [1.54, 1.807) is 0 Å². The first-order chi connectivity index (χ1) is 8.25. The van der Waals surface area contributed by atoms with Crippen LogP contribution in [0.2, 0.25) is 0 Å². The fraction of sp³-hybridized carbons (Fsp3) is 0.462. The summed E-state index contributed by atoms with van der Waals surface area (Å²) in [6, 6.07) is 7.38. The van der Waals surface area contributed by atoms with E-state index in [9.17, 15) is 4.79 Å². The maximum absolute atomic E-state index is 10.7. The summed E-state index contributed by atoms with van der Waals surface area (Å²) in [6.45, 7) is 1.93. The van der Waals surface area contributed by atoms with E-state index in [1.807, 2.05) is 24.3 Å². The first-order valence-electron chi connectivity index (χ1n) is 5.93. The van der Waals surface area contributed by atoms with Crippen LogP contribution in [-0.4, -0.2) is 30.3 Å². The Morgan fingerprint density at radius 1 is 1.35 bits per heavy atom. The summed E-state index contributed by atoms with van der Waals surface area (Å²) in [4.78, 5) is 10.7. The standard InChI is InChI=1S/C13H17NO3/c15-13(16)9-10-3-1-2-4-12(10)17-11-5-7-14-8-6-11/h1-4,11,14H,5-9H2,(H,15,16). The third-order valence-electron chi connectivity index (χ3n) is 2.89. The van der Waals surface area contributed by atoms with Crippen molar-refractivity contribution in [3.05, 3.63) is 29.8 Å². The number of para-hydroxylation sites is 1. The zero-order valence-corrected chi connectivity index (χ0v) is 9.69. The van der Waals surface area contributed by atoms with Gasteiger partial charge in [0.25, 0.3) is 0 Å². The normalized spacial score (nSPS) is 16.7. The molecule has 1 fully saturated rings. The van der Waals surface area contributed by atoms with Gasteiger partial charge in [0.2, 0.25) is 0 Å². The van der Waals surface area contributed by atoms with Crippen LogP contribution in [0.4, 0.5) is 0 Å². The molecule has 0 saturated carbocycles. The number of ether oxygens (including phenoxy) is 1. The van der Waals surface area contributed by atoms with Gasteiger partial charge in [-0.2, -0.15) is 0 Å². The van der Waals surface area contributed by atoms with Crippen molar-refractivity contribution in [1.29, 1.82) is 0 Å². The van der Waals surface area contributed by atoms with Gasteiger partial charge in [0.1, 0.15) is 11.9 Å². The molecule has 1 aliphatic rings. The van der Waals surface area contributed by atoms with Crippen molar-refractivity contribution >= 4 is 5.97 Å². The van der Waals surface area contributed by atoms with Crippen LogP contribution in [0.25, 0.3) is 0 Å². The lowest BCUT2D eigenvalue weighted by molar-refractivity contribution is -0.136. The third kappa shape index (κ3) is 3.46. The molecule has 4 nitrogen and oxygen atoms in total. The molecular formula is C13H17NO3. The van der Waals surface area contributed by atoms with Crippen LogP contribution in [0, 0.1) is 0 Å². The van der Waals surface area contributed by atoms with E-state index in [0.717, 1.165) is 31.5 Å². The van der Waals surface area contributed by atoms with Gasteiger partial charge in [0.15, 0.2) is 0 Å². The molecule has 4 heteroatoms. The minimum atomic E-state index is -0.827. The molecule has 0 aromatic heterocycles. The highest BCUT2D eigenvalue weighted by atomic mass is 16.5. The Morgan fingerprint density at radius 2 is 2.06 bits per heavy atom. The Hall–Kier alpha value is -1.55. The van der Waals surface area contributed by atoms with Gasteiger partial charge < -0.3 is 15.2 Å². The maximum Gasteiger partial charge on any atom is 0.307 e. The second-order valence-electron chi connectivity index (χ2n) is 4.25. The average molecular weight is 235 g/mol. The van der Waals surface area contributed by atoms with Gasteiger partial charge in [-0.15, -0.1) is 0 Å². The number of aliphatic carboxylic acids is 1. The summed E-state index contributed by atoms with van der Waals surface area (Å²) in [5.74, 6) is -0.117. The molecule has 1 aromatic rings. The monoisotopic (exact) mass is 235 g/mol. The largest absolute Gasteiger partial charge is 0.490 e. The minimum absolute atomic E-state index is 0.0150. The summed E-state index contributed by atoms with van der Waals surface area (Å²) in [7, 11) is 0. The van der Waals surface area contributed by atoms with E-state index < -0.39 is 5.97 Å². The first-order valence-corrected chi connectivity index (χ1v) is 5.93. The number of carboxylic acid groups (broad SMARTS) is 1. The SMILES string of the molecule is O=C(O)Cc1ccccc1OC1CCNCC1. The van der Waals surface area contributed by atoms with Crippen molar-refractivity contribution in [1.82, 2.24) is 5.32 Å². The number of hydrogen-bond acceptors (Lipinski definition) is 3. The molecule has 0 atom stereocenters. The average Bonchev–Trinajstić information content (AvgIpc) is 2.32. The lowest BCUT2D eigenvalue weighted by atomic mass is 10.1. The number of benzene rings is 1. The van der Waals surface area contributed by atoms with Gasteiger partial charge in [0.05, 0.1) is 6.42 Å². The first kappa shape index (κ1) is 11.9. The molecule has 1 heterocycles. The topological polar surface area (TPSA) is 58.6 Å². The van der Waals surface area contributed by atoms with E-state index in [1.165, 1.54) is 0 Å². The zero-order chi connectivity index (χ0) is 12.1. The van der Waals surface area contributed by atoms with Gasteiger partial charge in [-0.3, -0.25) is 4.79 Å². The Morgan fingerprint density at radius 3 is 2.76 bits per heavy atom. The third-order valence-corrected chi connectivity index (χ3v) is 2.89. The number of carboxylic acids is 1. The number of nitrogens with one attached hydrogen (secondary N) is 1. The molecule has 0 amide bonds. The van der Waals surface area contributed by atoms with Crippen LogP contribution in [0.15, 0.2) is 24.3 Å². The highest BCUT2D eigenvalue weighted by Crippen LogP contribution is 2.22. The molecule has 0 unspecified atom stereocenters. The molecular weight excluding hydrogens is 218 g/mol. The quantitative estimate of drug-likeness (QED) is 0.829. The van der Waals surface area contributed by atoms with Crippen molar-refractivity contribution in [3.63, 3.8) is 0 Å². The Kier molecular flexibility index (Phi) is 3.98. The number of piperidine rings is 1. The van der Waals surface area contributed by atoms with Crippen LogP contribution in [0.5, 0.6) is 5.75 Å². The highest BCUT2D eigenvalue weighted by Gasteiger charge is 2.16. The number of carbonyl (C=O) groups is 1. The van der Waals surface area contributed by atoms with Gasteiger partial charge in [0, 0.05) is 5.56 Å². The predicted molar refractivity (Wildman–Crippen MR) is 64.3 cm³/mol. The van der Waals surface area contributed by atoms with E-state index >= 15 is 0 Å². The second-order valence-corrected chi connectivity index (χ2v) is 4.25. The van der Waals surface area contributed by atoms with Crippen molar-refractivity contribution in [2.24, 2.45) is 0 Å². The molecule has 0 spiro atoms. The summed E-state index contributed by atoms with van der Waals surface area (Å²) in [5, 5.41) is 12.1. The van der Waals surface area contributed by atoms with Crippen LogP contribution in [-0.2, 0) is 11.2 Å². The van der Waals surface area contributed by atoms with Crippen LogP contribution >= 0.6 is 0 Å². The van der Waals surface area contributed by atoms with E-state index in [0.29, 0.717) is 5.75 Å². The fourth-order valence-electron chi connectivity index (χ4n) is 2.02. The lowest BCUT2D eigenvalue weighted by Crippen LogP contribution is -2.34. The van der Waals surface area contributed by atoms with Crippen molar-refractivity contribution in [2.45, 2.75) is 25.4 Å². The summed E-state index contributed by atoms with van der Waals surface area (Å²) in [6.07, 6.45) is 2.16. The van der Waals surface area contributed by atoms with Crippen LogP contribution < -0.4 is 10.1 Å². The number of hydrogen-bond donors (Lipinski definition) is 2. The molecule has 1 saturated heterocycles. The van der Waals surface area contributed by atoms with Crippen molar-refractivity contribution in [3.8, 4) is 5.75 Å². The van der Waals surface area contributed by atoms with Crippen LogP contribution in [0.1, 0.15) is 18.4 Å². The molecule has 1 aromatic carbocycles. The van der Waals surface area contributed by atoms with Gasteiger partial charge in [-0.1, -0.05) is 18.2 Å². The van der Waals surface area contributed by atoms with Gasteiger partial charge in [-0.25, -0.2) is 0 Å². The van der Waals surface area contributed by atoms with E-state index in [-0.39, 0.29) is 12.5 Å². The Bertz CT molecular complexity index is 386. The lowest BCUT2D eigenvalue weighted by Gasteiger charge is -2.24. The highest BCUT2D eigenvalue weighted by molar-refractivity contribution is 5.71. The second kappa shape index (κ2) is 5.68. The zero-order valence-electron chi connectivity index (χ0n) is 9.69. The summed E-state index contributed by atoms with van der Waals surface area (Å²) < 4.78 is 5.88. The summed E-state index contributed by atoms with van der Waals surface area (Å²) in [5.41, 5.74) is 0.749. The maximum atomic E-state index is 10.7. The molecule has 0 bridgehead atoms. The fourth-order valence-corrected chi connectivity index (χ4v) is 2.02. The molecule has 0 aliphatic carbocycles. The molecule has 2 rings (SSSR count). The van der Waals surface area contributed by atoms with E-state index in [4.69, 9.17) is 9.84 Å². The van der Waals surface area contributed by atoms with Crippen LogP contribution in [0.3, 0.4) is 0 Å². The molecule has 0 radical (unpaired) electrons. The van der Waals surface area contributed by atoms with Crippen molar-refractivity contribution in [2.75, 3.05) is 13.1 Å². The Balaban J connectivity index is 2.05. The minimum Gasteiger partial charge on any atom is -0.490 e. The summed E-state index contributed by atoms with van der Waals surface area (Å²) >= 11 is 0. The molecule has 92 valence electrons. The Labute approximate surface area is 101 Å². The molecule has 1 aliphatic heterocycles. The van der Waals surface area contributed by atoms with Gasteiger partial charge in [-0.05, 0) is 32.0 Å². The predicted octanol–water partition coefficient (Wildman–Crippen LogP) is 1.44. The number of rotatable bonds is 4. The molecule has 17 heavy (non-hydrogen) atoms. The molecule has 2 N–H and O–H groups in total. The smallest absolute Gasteiger partial charge is 0.307 e. The van der Waals surface area contributed by atoms with Gasteiger partial charge >= 0.3 is 5.97 Å². The van der Waals surface area contributed by atoms with Crippen molar-refractivity contribution < 1.29 is 14.6 Å². The van der Waals surface area contributed by atoms with E-state index in [2.05, 4.69) is 5.32 Å².